The minimum atomic E-state index is 0.357. The molecule has 2 heteroatoms. The molecule has 0 saturated heterocycles. The Hall–Kier alpha value is -1.80. The number of aromatic nitrogens is 1. The molecule has 0 aliphatic heterocycles. The molecule has 46 valence electrons. The summed E-state index contributed by atoms with van der Waals surface area (Å²) in [6, 6.07) is 5.15. The summed E-state index contributed by atoms with van der Waals surface area (Å²) < 4.78 is 0. The Morgan fingerprint density at radius 2 is 2.40 bits per heavy atom. The molecular formula is C8H4N2. The van der Waals surface area contributed by atoms with Gasteiger partial charge in [0, 0.05) is 11.8 Å². The molecule has 1 heterocycles. The molecule has 0 unspecified atom stereocenters. The number of rotatable bonds is 0. The van der Waals surface area contributed by atoms with E-state index >= 15 is 0 Å². The van der Waals surface area contributed by atoms with E-state index < -0.39 is 0 Å². The van der Waals surface area contributed by atoms with Crippen molar-refractivity contribution in [2.75, 3.05) is 0 Å². The molecule has 0 saturated carbocycles. The van der Waals surface area contributed by atoms with Crippen LogP contribution in [0.4, 0.5) is 0 Å². The SMILES string of the molecule is C#Cc1ccnc(C#N)c1. The second-order valence-corrected chi connectivity index (χ2v) is 1.69. The topological polar surface area (TPSA) is 36.7 Å². The van der Waals surface area contributed by atoms with Crippen LogP contribution < -0.4 is 0 Å². The monoisotopic (exact) mass is 128 g/mol. The number of hydrogen-bond acceptors (Lipinski definition) is 2. The first kappa shape index (κ1) is 6.32. The van der Waals surface area contributed by atoms with Crippen LogP contribution in [0.15, 0.2) is 18.3 Å². The van der Waals surface area contributed by atoms with Gasteiger partial charge >= 0.3 is 0 Å². The predicted octanol–water partition coefficient (Wildman–Crippen LogP) is 0.935. The molecule has 0 radical (unpaired) electrons. The highest BCUT2D eigenvalue weighted by atomic mass is 14.7. The summed E-state index contributed by atoms with van der Waals surface area (Å²) in [4.78, 5) is 3.75. The molecule has 0 amide bonds. The van der Waals surface area contributed by atoms with Crippen LogP contribution in [0.5, 0.6) is 0 Å². The highest BCUT2D eigenvalue weighted by Gasteiger charge is 1.90. The van der Waals surface area contributed by atoms with Crippen molar-refractivity contribution in [3.05, 3.63) is 29.6 Å². The van der Waals surface area contributed by atoms with Crippen molar-refractivity contribution in [2.24, 2.45) is 0 Å². The molecule has 2 nitrogen and oxygen atoms in total. The van der Waals surface area contributed by atoms with Crippen LogP contribution in [0.25, 0.3) is 0 Å². The van der Waals surface area contributed by atoms with Crippen molar-refractivity contribution in [2.45, 2.75) is 0 Å². The van der Waals surface area contributed by atoms with Gasteiger partial charge in [0.05, 0.1) is 0 Å². The van der Waals surface area contributed by atoms with Crippen LogP contribution in [0.3, 0.4) is 0 Å². The van der Waals surface area contributed by atoms with Gasteiger partial charge in [-0.2, -0.15) is 5.26 Å². The molecule has 0 aliphatic rings. The van der Waals surface area contributed by atoms with E-state index in [4.69, 9.17) is 11.7 Å². The van der Waals surface area contributed by atoms with Crippen LogP contribution in [-0.4, -0.2) is 4.98 Å². The molecule has 0 N–H and O–H groups in total. The minimum absolute atomic E-state index is 0.357. The lowest BCUT2D eigenvalue weighted by atomic mass is 10.2. The maximum Gasteiger partial charge on any atom is 0.141 e. The second kappa shape index (κ2) is 2.66. The Morgan fingerprint density at radius 1 is 1.60 bits per heavy atom. The van der Waals surface area contributed by atoms with Crippen molar-refractivity contribution in [3.63, 3.8) is 0 Å². The number of hydrogen-bond donors (Lipinski definition) is 0. The molecule has 0 bridgehead atoms. The van der Waals surface area contributed by atoms with Crippen molar-refractivity contribution in [1.82, 2.24) is 4.98 Å². The van der Waals surface area contributed by atoms with E-state index in [9.17, 15) is 0 Å². The zero-order valence-electron chi connectivity index (χ0n) is 5.20. The highest BCUT2D eigenvalue weighted by molar-refractivity contribution is 5.35. The summed E-state index contributed by atoms with van der Waals surface area (Å²) in [5.41, 5.74) is 1.04. The van der Waals surface area contributed by atoms with Crippen LogP contribution in [-0.2, 0) is 0 Å². The Kier molecular flexibility index (Phi) is 1.68. The number of pyridine rings is 1. The summed E-state index contributed by atoms with van der Waals surface area (Å²) in [5, 5.41) is 8.38. The average molecular weight is 128 g/mol. The molecule has 1 aromatic heterocycles. The van der Waals surface area contributed by atoms with Crippen molar-refractivity contribution in [3.8, 4) is 18.4 Å². The maximum atomic E-state index is 8.38. The molecule has 0 aliphatic carbocycles. The third kappa shape index (κ3) is 1.13. The van der Waals surface area contributed by atoms with Gasteiger partial charge in [0.25, 0.3) is 0 Å². The predicted molar refractivity (Wildman–Crippen MR) is 36.9 cm³/mol. The van der Waals surface area contributed by atoms with Gasteiger partial charge in [-0.25, -0.2) is 4.98 Å². The Balaban J connectivity index is 3.17. The molecule has 1 rings (SSSR count). The van der Waals surface area contributed by atoms with Gasteiger partial charge in [0.1, 0.15) is 11.8 Å². The molecular weight excluding hydrogens is 124 g/mol. The lowest BCUT2D eigenvalue weighted by molar-refractivity contribution is 1.26. The van der Waals surface area contributed by atoms with Crippen molar-refractivity contribution >= 4 is 0 Å². The molecule has 0 aromatic carbocycles. The van der Waals surface area contributed by atoms with Gasteiger partial charge in [-0.3, -0.25) is 0 Å². The summed E-state index contributed by atoms with van der Waals surface area (Å²) in [5.74, 6) is 2.41. The van der Waals surface area contributed by atoms with E-state index in [1.54, 1.807) is 12.1 Å². The lowest BCUT2D eigenvalue weighted by Crippen LogP contribution is -1.81. The Morgan fingerprint density at radius 3 is 3.00 bits per heavy atom. The highest BCUT2D eigenvalue weighted by Crippen LogP contribution is 1.97. The van der Waals surface area contributed by atoms with Crippen LogP contribution in [0.1, 0.15) is 11.3 Å². The Bertz CT molecular complexity index is 286. The first-order valence-electron chi connectivity index (χ1n) is 2.69. The fourth-order valence-corrected chi connectivity index (χ4v) is 0.581. The summed E-state index contributed by atoms with van der Waals surface area (Å²) in [6.45, 7) is 0. The van der Waals surface area contributed by atoms with Gasteiger partial charge in [-0.05, 0) is 12.1 Å². The van der Waals surface area contributed by atoms with Crippen LogP contribution in [0, 0.1) is 23.7 Å². The molecule has 0 atom stereocenters. The standard InChI is InChI=1S/C8H4N2/c1-2-7-3-4-10-8(5-7)6-9/h1,3-5H. The zero-order chi connectivity index (χ0) is 7.40. The summed E-state index contributed by atoms with van der Waals surface area (Å²) in [6.07, 6.45) is 6.61. The number of terminal acetylenes is 1. The minimum Gasteiger partial charge on any atom is -0.245 e. The van der Waals surface area contributed by atoms with Gasteiger partial charge in [0.15, 0.2) is 0 Å². The van der Waals surface area contributed by atoms with E-state index in [0.29, 0.717) is 11.3 Å². The maximum absolute atomic E-state index is 8.38. The van der Waals surface area contributed by atoms with E-state index in [2.05, 4.69) is 10.9 Å². The lowest BCUT2D eigenvalue weighted by Gasteiger charge is -1.87. The fraction of sp³-hybridized carbons (Fsp3) is 0. The van der Waals surface area contributed by atoms with Crippen molar-refractivity contribution < 1.29 is 0 Å². The molecule has 10 heavy (non-hydrogen) atoms. The van der Waals surface area contributed by atoms with Gasteiger partial charge in [-0.1, -0.05) is 5.92 Å². The van der Waals surface area contributed by atoms with Crippen molar-refractivity contribution in [1.29, 1.82) is 5.26 Å². The number of nitriles is 1. The van der Waals surface area contributed by atoms with E-state index in [-0.39, 0.29) is 0 Å². The first-order valence-corrected chi connectivity index (χ1v) is 2.69. The average Bonchev–Trinajstić information content (AvgIpc) is 2.05. The van der Waals surface area contributed by atoms with E-state index in [0.717, 1.165) is 0 Å². The summed E-state index contributed by atoms with van der Waals surface area (Å²) >= 11 is 0. The quantitative estimate of drug-likeness (QED) is 0.487. The van der Waals surface area contributed by atoms with E-state index in [1.165, 1.54) is 6.20 Å². The summed E-state index contributed by atoms with van der Waals surface area (Å²) in [7, 11) is 0. The smallest absolute Gasteiger partial charge is 0.141 e. The third-order valence-electron chi connectivity index (χ3n) is 1.04. The van der Waals surface area contributed by atoms with Gasteiger partial charge < -0.3 is 0 Å². The zero-order valence-corrected chi connectivity index (χ0v) is 5.20. The van der Waals surface area contributed by atoms with Gasteiger partial charge in [0.2, 0.25) is 0 Å². The fourth-order valence-electron chi connectivity index (χ4n) is 0.581. The third-order valence-corrected chi connectivity index (χ3v) is 1.04. The van der Waals surface area contributed by atoms with Crippen LogP contribution >= 0.6 is 0 Å². The molecule has 1 aromatic rings. The Labute approximate surface area is 59.1 Å². The normalized spacial score (nSPS) is 7.80. The van der Waals surface area contributed by atoms with Crippen LogP contribution in [0.2, 0.25) is 0 Å². The first-order chi connectivity index (χ1) is 4.86. The van der Waals surface area contributed by atoms with Gasteiger partial charge in [-0.15, -0.1) is 6.42 Å². The largest absolute Gasteiger partial charge is 0.245 e. The second-order valence-electron chi connectivity index (χ2n) is 1.69. The molecule has 0 fully saturated rings. The molecule has 0 spiro atoms. The number of nitrogens with zero attached hydrogens (tertiary/aromatic N) is 2. The van der Waals surface area contributed by atoms with E-state index in [1.807, 2.05) is 6.07 Å².